The SMILES string of the molecule is CC(CCC(=O)NC=O)N1C(=O)c2c[c-]ccc2C1=O.[K+]. The Hall–Kier alpha value is -0.864. The van der Waals surface area contributed by atoms with Crippen molar-refractivity contribution in [1.82, 2.24) is 10.2 Å². The number of amides is 4. The molecule has 1 aromatic carbocycles. The molecule has 0 fully saturated rings. The fourth-order valence-electron chi connectivity index (χ4n) is 2.15. The molecule has 1 aromatic rings. The predicted octanol–water partition coefficient (Wildman–Crippen LogP) is -2.47. The first-order valence-corrected chi connectivity index (χ1v) is 6.17. The van der Waals surface area contributed by atoms with Gasteiger partial charge in [0.25, 0.3) is 0 Å². The summed E-state index contributed by atoms with van der Waals surface area (Å²) in [7, 11) is 0. The number of carbonyl (C=O) groups is 4. The maximum absolute atomic E-state index is 12.2. The van der Waals surface area contributed by atoms with Crippen molar-refractivity contribution < 1.29 is 70.6 Å². The average Bonchev–Trinajstić information content (AvgIpc) is 2.69. The summed E-state index contributed by atoms with van der Waals surface area (Å²) < 4.78 is 0. The fourth-order valence-corrected chi connectivity index (χ4v) is 2.15. The Bertz CT molecular complexity index is 553. The third-order valence-electron chi connectivity index (χ3n) is 3.21. The number of hydrogen-bond donors (Lipinski definition) is 1. The third kappa shape index (κ3) is 3.86. The Kier molecular flexibility index (Phi) is 6.89. The van der Waals surface area contributed by atoms with Crippen LogP contribution >= 0.6 is 0 Å². The van der Waals surface area contributed by atoms with Gasteiger partial charge < -0.3 is 0 Å². The second-order valence-electron chi connectivity index (χ2n) is 4.53. The van der Waals surface area contributed by atoms with Gasteiger partial charge in [0.05, 0.1) is 0 Å². The molecule has 0 bridgehead atoms. The summed E-state index contributed by atoms with van der Waals surface area (Å²) in [5.41, 5.74) is 0.694. The molecule has 1 aliphatic rings. The van der Waals surface area contributed by atoms with Gasteiger partial charge in [0.2, 0.25) is 24.1 Å². The van der Waals surface area contributed by atoms with Crippen LogP contribution in [0.3, 0.4) is 0 Å². The minimum absolute atomic E-state index is 0. The van der Waals surface area contributed by atoms with E-state index in [1.807, 2.05) is 5.32 Å². The van der Waals surface area contributed by atoms with Gasteiger partial charge in [0.15, 0.2) is 0 Å². The zero-order valence-electron chi connectivity index (χ0n) is 11.9. The maximum Gasteiger partial charge on any atom is 1.00 e. The smallest absolute Gasteiger partial charge is 0.299 e. The van der Waals surface area contributed by atoms with Gasteiger partial charge >= 0.3 is 51.4 Å². The zero-order chi connectivity index (χ0) is 14.7. The number of imide groups is 2. The van der Waals surface area contributed by atoms with E-state index >= 15 is 0 Å². The van der Waals surface area contributed by atoms with Crippen molar-refractivity contribution in [3.63, 3.8) is 0 Å². The first-order chi connectivity index (χ1) is 9.56. The number of nitrogens with zero attached hydrogens (tertiary/aromatic N) is 1. The molecule has 2 rings (SSSR count). The number of nitrogens with one attached hydrogen (secondary N) is 1. The van der Waals surface area contributed by atoms with Crippen molar-refractivity contribution in [2.24, 2.45) is 0 Å². The van der Waals surface area contributed by atoms with Crippen molar-refractivity contribution in [3.05, 3.63) is 35.4 Å². The molecule has 0 spiro atoms. The third-order valence-corrected chi connectivity index (χ3v) is 3.21. The van der Waals surface area contributed by atoms with Crippen molar-refractivity contribution in [2.45, 2.75) is 25.8 Å². The van der Waals surface area contributed by atoms with Crippen LogP contribution in [0.5, 0.6) is 0 Å². The van der Waals surface area contributed by atoms with Crippen LogP contribution in [-0.2, 0) is 9.59 Å². The van der Waals surface area contributed by atoms with Gasteiger partial charge in [-0.15, -0.1) is 0 Å². The molecule has 1 aliphatic heterocycles. The van der Waals surface area contributed by atoms with E-state index in [4.69, 9.17) is 0 Å². The Morgan fingerprint density at radius 2 is 2.05 bits per heavy atom. The van der Waals surface area contributed by atoms with Crippen LogP contribution in [0.2, 0.25) is 0 Å². The minimum Gasteiger partial charge on any atom is -0.299 e. The summed E-state index contributed by atoms with van der Waals surface area (Å²) >= 11 is 0. The largest absolute Gasteiger partial charge is 1.00 e. The van der Waals surface area contributed by atoms with Crippen LogP contribution in [0, 0.1) is 6.07 Å². The standard InChI is InChI=1S/C14H13N2O4.K/c1-9(6-7-12(18)15-8-17)16-13(19)10-4-2-3-5-11(10)14(16)20;/h2,4-5,8-9H,6-7H2,1H3,(H,15,17,18);/q-1;+1. The van der Waals surface area contributed by atoms with Gasteiger partial charge in [0.1, 0.15) is 0 Å². The Morgan fingerprint density at radius 3 is 2.67 bits per heavy atom. The van der Waals surface area contributed by atoms with Gasteiger partial charge in [-0.05, 0) is 13.3 Å². The van der Waals surface area contributed by atoms with E-state index in [1.54, 1.807) is 19.1 Å². The van der Waals surface area contributed by atoms with Gasteiger partial charge in [-0.2, -0.15) is 24.3 Å². The van der Waals surface area contributed by atoms with Gasteiger partial charge in [0, 0.05) is 12.5 Å². The van der Waals surface area contributed by atoms with Crippen LogP contribution < -0.4 is 56.7 Å². The summed E-state index contributed by atoms with van der Waals surface area (Å²) in [5.74, 6) is -1.16. The normalized spacial score (nSPS) is 14.2. The summed E-state index contributed by atoms with van der Waals surface area (Å²) in [5, 5.41) is 2.02. The van der Waals surface area contributed by atoms with Crippen molar-refractivity contribution >= 4 is 24.1 Å². The van der Waals surface area contributed by atoms with E-state index in [0.29, 0.717) is 24.0 Å². The Labute approximate surface area is 164 Å². The van der Waals surface area contributed by atoms with Gasteiger partial charge in [-0.1, -0.05) is 11.1 Å². The van der Waals surface area contributed by atoms with E-state index in [1.165, 1.54) is 6.07 Å². The van der Waals surface area contributed by atoms with Crippen LogP contribution in [0.25, 0.3) is 0 Å². The van der Waals surface area contributed by atoms with E-state index < -0.39 is 11.9 Å². The maximum atomic E-state index is 12.2. The molecule has 1 N–H and O–H groups in total. The fraction of sp³-hybridized carbons (Fsp3) is 0.286. The molecule has 0 aliphatic carbocycles. The van der Waals surface area contributed by atoms with E-state index in [2.05, 4.69) is 6.07 Å². The number of hydrogen-bond acceptors (Lipinski definition) is 4. The molecular weight excluding hydrogens is 299 g/mol. The summed E-state index contributed by atoms with van der Waals surface area (Å²) in [6.07, 6.45) is 0.680. The van der Waals surface area contributed by atoms with E-state index in [-0.39, 0.29) is 69.6 Å². The molecule has 1 unspecified atom stereocenters. The average molecular weight is 312 g/mol. The molecular formula is C14H13KN2O4. The molecule has 21 heavy (non-hydrogen) atoms. The summed E-state index contributed by atoms with van der Waals surface area (Å²) in [6, 6.07) is 6.97. The van der Waals surface area contributed by atoms with E-state index in [9.17, 15) is 19.2 Å². The van der Waals surface area contributed by atoms with Gasteiger partial charge in [-0.25, -0.2) is 0 Å². The monoisotopic (exact) mass is 312 g/mol. The summed E-state index contributed by atoms with van der Waals surface area (Å²) in [6.45, 7) is 1.69. The Morgan fingerprint density at radius 1 is 1.38 bits per heavy atom. The molecule has 1 atom stereocenters. The Balaban J connectivity index is 0.00000220. The predicted molar refractivity (Wildman–Crippen MR) is 68.7 cm³/mol. The summed E-state index contributed by atoms with van der Waals surface area (Å²) in [4.78, 5) is 46.8. The molecule has 6 nitrogen and oxygen atoms in total. The second kappa shape index (κ2) is 7.95. The number of benzene rings is 1. The number of carbonyl (C=O) groups excluding carboxylic acids is 4. The van der Waals surface area contributed by atoms with Crippen LogP contribution in [0.1, 0.15) is 40.5 Å². The second-order valence-corrected chi connectivity index (χ2v) is 4.53. The zero-order valence-corrected chi connectivity index (χ0v) is 15.0. The van der Waals surface area contributed by atoms with Crippen molar-refractivity contribution in [3.8, 4) is 0 Å². The first-order valence-electron chi connectivity index (χ1n) is 6.17. The molecule has 4 amide bonds. The van der Waals surface area contributed by atoms with Crippen molar-refractivity contribution in [1.29, 1.82) is 0 Å². The molecule has 1 heterocycles. The first kappa shape index (κ1) is 18.2. The number of fused-ring (bicyclic) bond motifs is 1. The molecule has 0 aromatic heterocycles. The topological polar surface area (TPSA) is 83.6 Å². The van der Waals surface area contributed by atoms with Crippen molar-refractivity contribution in [2.75, 3.05) is 0 Å². The quantitative estimate of drug-likeness (QED) is 0.283. The van der Waals surface area contributed by atoms with Gasteiger partial charge in [-0.3, -0.25) is 29.4 Å². The van der Waals surface area contributed by atoms with Crippen LogP contribution in [0.15, 0.2) is 18.2 Å². The molecule has 104 valence electrons. The van der Waals surface area contributed by atoms with Crippen LogP contribution in [-0.4, -0.2) is 35.1 Å². The molecule has 0 radical (unpaired) electrons. The molecule has 7 heteroatoms. The number of rotatable bonds is 5. The van der Waals surface area contributed by atoms with Crippen LogP contribution in [0.4, 0.5) is 0 Å². The molecule has 0 saturated heterocycles. The van der Waals surface area contributed by atoms with E-state index in [0.717, 1.165) is 4.90 Å². The minimum atomic E-state index is -0.434. The molecule has 0 saturated carbocycles.